The maximum atomic E-state index is 12.5. The maximum Gasteiger partial charge on any atom is 0.269 e. The number of rotatable bonds is 5. The normalized spacial score (nSPS) is 10.6. The number of nitrogens with zero attached hydrogens (tertiary/aromatic N) is 1. The maximum absolute atomic E-state index is 12.5. The van der Waals surface area contributed by atoms with Crippen molar-refractivity contribution < 1.29 is 4.79 Å². The van der Waals surface area contributed by atoms with E-state index in [0.29, 0.717) is 10.7 Å². The van der Waals surface area contributed by atoms with Crippen molar-refractivity contribution in [3.05, 3.63) is 94.6 Å². The van der Waals surface area contributed by atoms with Crippen LogP contribution in [0.15, 0.2) is 83.3 Å². The topological polar surface area (TPSA) is 54.0 Å². The first-order valence-electron chi connectivity index (χ1n) is 9.05. The first-order chi connectivity index (χ1) is 14.1. The zero-order valence-corrected chi connectivity index (χ0v) is 18.0. The summed E-state index contributed by atoms with van der Waals surface area (Å²) in [6.45, 7) is 1.96. The van der Waals surface area contributed by atoms with Gasteiger partial charge in [0.25, 0.3) is 5.91 Å². The minimum Gasteiger partial charge on any atom is -0.273 e. The molecular weight excluding hydrogens is 446 g/mol. The van der Waals surface area contributed by atoms with Crippen LogP contribution in [0.25, 0.3) is 21.6 Å². The van der Waals surface area contributed by atoms with E-state index >= 15 is 0 Å². The third-order valence-electron chi connectivity index (χ3n) is 4.44. The van der Waals surface area contributed by atoms with Crippen LogP contribution in [0.3, 0.4) is 0 Å². The lowest BCUT2D eigenvalue weighted by molar-refractivity contribution is 0.0962. The van der Waals surface area contributed by atoms with Crippen LogP contribution in [0.5, 0.6) is 0 Å². The van der Waals surface area contributed by atoms with Crippen LogP contribution in [0, 0.1) is 6.92 Å². The summed E-state index contributed by atoms with van der Waals surface area (Å²) in [4.78, 5) is 18.0. The van der Waals surface area contributed by atoms with Crippen LogP contribution in [-0.2, 0) is 0 Å². The number of amides is 1. The average Bonchev–Trinajstić information content (AvgIpc) is 3.14. The molecule has 144 valence electrons. The van der Waals surface area contributed by atoms with E-state index < -0.39 is 0 Å². The van der Waals surface area contributed by atoms with Gasteiger partial charge in [-0.1, -0.05) is 81.9 Å². The highest BCUT2D eigenvalue weighted by Crippen LogP contribution is 2.33. The monoisotopic (exact) mass is 463 g/mol. The number of nitrogens with one attached hydrogen (secondary N) is 2. The number of hydrogen-bond acceptors (Lipinski definition) is 4. The first-order valence-corrected chi connectivity index (χ1v) is 10.7. The molecule has 0 atom stereocenters. The highest BCUT2D eigenvalue weighted by molar-refractivity contribution is 9.10. The molecule has 0 fully saturated rings. The molecule has 29 heavy (non-hydrogen) atoms. The van der Waals surface area contributed by atoms with Crippen molar-refractivity contribution in [1.82, 2.24) is 10.4 Å². The summed E-state index contributed by atoms with van der Waals surface area (Å²) in [5, 5.41) is 0.648. The molecule has 2 N–H and O–H groups in total. The Hall–Kier alpha value is -2.96. The van der Waals surface area contributed by atoms with E-state index in [2.05, 4.69) is 31.8 Å². The zero-order chi connectivity index (χ0) is 20.2. The second-order valence-electron chi connectivity index (χ2n) is 6.46. The van der Waals surface area contributed by atoms with Crippen molar-refractivity contribution in [2.24, 2.45) is 0 Å². The number of aromatic nitrogens is 1. The summed E-state index contributed by atoms with van der Waals surface area (Å²) < 4.78 is 1.03. The minimum absolute atomic E-state index is 0.206. The fourth-order valence-electron chi connectivity index (χ4n) is 2.95. The number of halogens is 1. The molecule has 1 aromatic heterocycles. The molecule has 0 aliphatic rings. The number of anilines is 1. The van der Waals surface area contributed by atoms with Gasteiger partial charge in [-0.2, -0.15) is 0 Å². The second kappa shape index (κ2) is 8.59. The highest BCUT2D eigenvalue weighted by Gasteiger charge is 2.11. The molecule has 1 amide bonds. The van der Waals surface area contributed by atoms with Crippen LogP contribution >= 0.6 is 27.3 Å². The van der Waals surface area contributed by atoms with Crippen LogP contribution < -0.4 is 10.9 Å². The van der Waals surface area contributed by atoms with Crippen molar-refractivity contribution in [3.8, 4) is 21.6 Å². The van der Waals surface area contributed by atoms with Gasteiger partial charge in [-0.15, -0.1) is 0 Å². The summed E-state index contributed by atoms with van der Waals surface area (Å²) in [7, 11) is 0. The summed E-state index contributed by atoms with van der Waals surface area (Å²) in [6.07, 6.45) is 0. The number of thiazole rings is 1. The third kappa shape index (κ3) is 4.55. The summed E-state index contributed by atoms with van der Waals surface area (Å²) in [5.74, 6) is -0.206. The molecule has 4 rings (SSSR count). The quantitative estimate of drug-likeness (QED) is 0.341. The molecule has 0 saturated carbocycles. The Bertz CT molecular complexity index is 1120. The average molecular weight is 464 g/mol. The molecule has 4 aromatic rings. The van der Waals surface area contributed by atoms with Gasteiger partial charge in [-0.25, -0.2) is 4.98 Å². The van der Waals surface area contributed by atoms with Crippen LogP contribution in [0.2, 0.25) is 0 Å². The van der Waals surface area contributed by atoms with Gasteiger partial charge in [0.2, 0.25) is 5.13 Å². The number of hydrazine groups is 1. The van der Waals surface area contributed by atoms with Crippen LogP contribution in [0.4, 0.5) is 5.13 Å². The van der Waals surface area contributed by atoms with Gasteiger partial charge in [0.15, 0.2) is 0 Å². The molecule has 4 nitrogen and oxygen atoms in total. The second-order valence-corrected chi connectivity index (χ2v) is 8.38. The van der Waals surface area contributed by atoms with Crippen molar-refractivity contribution in [2.45, 2.75) is 6.92 Å². The number of hydrogen-bond donors (Lipinski definition) is 2. The Kier molecular flexibility index (Phi) is 5.74. The van der Waals surface area contributed by atoms with E-state index in [0.717, 1.165) is 31.7 Å². The fraction of sp³-hybridized carbons (Fsp3) is 0.0435. The predicted octanol–water partition coefficient (Wildman–Crippen LogP) is 6.30. The molecule has 0 radical (unpaired) electrons. The van der Waals surface area contributed by atoms with E-state index in [1.54, 1.807) is 0 Å². The van der Waals surface area contributed by atoms with Gasteiger partial charge in [-0.05, 0) is 47.9 Å². The van der Waals surface area contributed by atoms with Gasteiger partial charge >= 0.3 is 0 Å². The van der Waals surface area contributed by atoms with Crippen molar-refractivity contribution in [1.29, 1.82) is 0 Å². The Morgan fingerprint density at radius 2 is 1.48 bits per heavy atom. The van der Waals surface area contributed by atoms with Crippen molar-refractivity contribution >= 4 is 38.3 Å². The van der Waals surface area contributed by atoms with Crippen LogP contribution in [-0.4, -0.2) is 10.9 Å². The van der Waals surface area contributed by atoms with Crippen molar-refractivity contribution in [2.75, 3.05) is 5.43 Å². The first kappa shape index (κ1) is 19.4. The smallest absolute Gasteiger partial charge is 0.269 e. The fourth-order valence-corrected chi connectivity index (χ4v) is 4.14. The summed E-state index contributed by atoms with van der Waals surface area (Å²) in [5.41, 5.74) is 10.4. The highest BCUT2D eigenvalue weighted by atomic mass is 79.9. The Balaban J connectivity index is 1.42. The van der Waals surface area contributed by atoms with E-state index in [9.17, 15) is 4.79 Å². The molecule has 1 heterocycles. The lowest BCUT2D eigenvalue weighted by atomic mass is 10.0. The zero-order valence-electron chi connectivity index (χ0n) is 15.6. The van der Waals surface area contributed by atoms with E-state index in [-0.39, 0.29) is 5.91 Å². The van der Waals surface area contributed by atoms with E-state index in [1.807, 2.05) is 85.8 Å². The lowest BCUT2D eigenvalue weighted by Gasteiger charge is -2.07. The molecule has 0 unspecified atom stereocenters. The largest absolute Gasteiger partial charge is 0.273 e. The Morgan fingerprint density at radius 1 is 0.862 bits per heavy atom. The predicted molar refractivity (Wildman–Crippen MR) is 123 cm³/mol. The van der Waals surface area contributed by atoms with Crippen LogP contribution in [0.1, 0.15) is 16.1 Å². The summed E-state index contributed by atoms with van der Waals surface area (Å²) in [6, 6.07) is 25.7. The minimum atomic E-state index is -0.206. The Labute approximate surface area is 181 Å². The molecule has 3 aromatic carbocycles. The van der Waals surface area contributed by atoms with Gasteiger partial charge in [0, 0.05) is 10.0 Å². The lowest BCUT2D eigenvalue weighted by Crippen LogP contribution is -2.29. The number of carbonyl (C=O) groups excluding carboxylic acids is 1. The van der Waals surface area contributed by atoms with Gasteiger partial charge in [0.05, 0.1) is 10.6 Å². The third-order valence-corrected chi connectivity index (χ3v) is 6.09. The number of benzene rings is 3. The van der Waals surface area contributed by atoms with E-state index in [1.165, 1.54) is 11.3 Å². The standard InChI is InChI=1S/C23H18BrN3OS/c1-15-21(18-11-13-20(24)14-12-18)29-23(25-15)27-26-22(28)19-9-7-17(8-10-19)16-5-3-2-4-6-16/h2-14H,1H3,(H,25,27)(H,26,28). The van der Waals surface area contributed by atoms with Gasteiger partial charge in [-0.3, -0.25) is 15.6 Å². The molecule has 6 heteroatoms. The van der Waals surface area contributed by atoms with Gasteiger partial charge in [0.1, 0.15) is 0 Å². The number of carbonyl (C=O) groups is 1. The molecule has 0 saturated heterocycles. The van der Waals surface area contributed by atoms with Crippen molar-refractivity contribution in [3.63, 3.8) is 0 Å². The molecule has 0 bridgehead atoms. The Morgan fingerprint density at radius 3 is 2.17 bits per heavy atom. The SMILES string of the molecule is Cc1nc(NNC(=O)c2ccc(-c3ccccc3)cc2)sc1-c1ccc(Br)cc1. The van der Waals surface area contributed by atoms with E-state index in [4.69, 9.17) is 0 Å². The molecule has 0 spiro atoms. The molecule has 0 aliphatic carbocycles. The molecular formula is C23H18BrN3OS. The number of aryl methyl sites for hydroxylation is 1. The summed E-state index contributed by atoms with van der Waals surface area (Å²) >= 11 is 4.95. The molecule has 0 aliphatic heterocycles. The van der Waals surface area contributed by atoms with Gasteiger partial charge < -0.3 is 0 Å².